The number of anilines is 1. The average molecular weight is 512 g/mol. The van der Waals surface area contributed by atoms with Crippen LogP contribution in [-0.2, 0) is 31.4 Å². The zero-order valence-electron chi connectivity index (χ0n) is 19.4. The molecule has 0 aromatic heterocycles. The number of carbonyl (C=O) groups excluding carboxylic acids is 1. The van der Waals surface area contributed by atoms with Crippen molar-refractivity contribution < 1.29 is 31.1 Å². The van der Waals surface area contributed by atoms with Crippen molar-refractivity contribution in [3.05, 3.63) is 48.0 Å². The lowest BCUT2D eigenvalue weighted by molar-refractivity contribution is -0.118. The van der Waals surface area contributed by atoms with E-state index in [4.69, 9.17) is 9.47 Å². The molecular weight excluding hydrogens is 482 g/mol. The molecule has 0 aliphatic carbocycles. The predicted molar refractivity (Wildman–Crippen MR) is 128 cm³/mol. The van der Waals surface area contributed by atoms with Gasteiger partial charge < -0.3 is 14.8 Å². The van der Waals surface area contributed by atoms with Crippen LogP contribution in [0.1, 0.15) is 18.4 Å². The van der Waals surface area contributed by atoms with E-state index in [1.54, 1.807) is 24.3 Å². The molecule has 1 heterocycles. The van der Waals surface area contributed by atoms with Crippen LogP contribution in [0.5, 0.6) is 11.5 Å². The van der Waals surface area contributed by atoms with E-state index in [2.05, 4.69) is 5.32 Å². The van der Waals surface area contributed by atoms with E-state index in [1.165, 1.54) is 41.0 Å². The summed E-state index contributed by atoms with van der Waals surface area (Å²) in [4.78, 5) is 12.6. The van der Waals surface area contributed by atoms with Crippen molar-refractivity contribution in [2.45, 2.75) is 24.3 Å². The summed E-state index contributed by atoms with van der Waals surface area (Å²) < 4.78 is 62.2. The molecule has 12 heteroatoms. The van der Waals surface area contributed by atoms with Crippen molar-refractivity contribution in [3.63, 3.8) is 0 Å². The molecule has 186 valence electrons. The van der Waals surface area contributed by atoms with Crippen molar-refractivity contribution in [2.24, 2.45) is 0 Å². The molecule has 0 unspecified atom stereocenters. The van der Waals surface area contributed by atoms with E-state index in [0.29, 0.717) is 24.6 Å². The van der Waals surface area contributed by atoms with Gasteiger partial charge >= 0.3 is 0 Å². The maximum atomic E-state index is 12.8. The van der Waals surface area contributed by atoms with Crippen LogP contribution in [0.2, 0.25) is 0 Å². The number of benzene rings is 2. The van der Waals surface area contributed by atoms with Crippen molar-refractivity contribution in [1.29, 1.82) is 0 Å². The van der Waals surface area contributed by atoms with Crippen LogP contribution in [-0.4, -0.2) is 71.5 Å². The lowest BCUT2D eigenvalue weighted by Crippen LogP contribution is -2.28. The number of sulfonamides is 2. The molecule has 0 spiro atoms. The fourth-order valence-corrected chi connectivity index (χ4v) is 5.35. The third-order valence-corrected chi connectivity index (χ3v) is 8.57. The molecule has 0 bridgehead atoms. The lowest BCUT2D eigenvalue weighted by atomic mass is 10.2. The lowest BCUT2D eigenvalue weighted by Gasteiger charge is -2.17. The summed E-state index contributed by atoms with van der Waals surface area (Å²) in [6.45, 7) is 0.866. The van der Waals surface area contributed by atoms with Crippen LogP contribution in [0.15, 0.2) is 47.4 Å². The Kier molecular flexibility index (Phi) is 8.18. The Morgan fingerprint density at radius 2 is 1.71 bits per heavy atom. The van der Waals surface area contributed by atoms with Gasteiger partial charge in [-0.15, -0.1) is 0 Å². The van der Waals surface area contributed by atoms with Gasteiger partial charge in [0.25, 0.3) is 5.91 Å². The molecular formula is C22H29N3O7S2. The van der Waals surface area contributed by atoms with E-state index in [-0.39, 0.29) is 23.7 Å². The zero-order chi connectivity index (χ0) is 24.9. The molecule has 0 saturated carbocycles. The molecule has 34 heavy (non-hydrogen) atoms. The first kappa shape index (κ1) is 25.9. The molecule has 1 N–H and O–H groups in total. The Hall–Kier alpha value is -2.67. The summed E-state index contributed by atoms with van der Waals surface area (Å²) >= 11 is 0. The summed E-state index contributed by atoms with van der Waals surface area (Å²) in [6.07, 6.45) is 2.78. The van der Waals surface area contributed by atoms with Gasteiger partial charge in [-0.3, -0.25) is 4.79 Å². The molecule has 2 aromatic carbocycles. The van der Waals surface area contributed by atoms with Gasteiger partial charge in [-0.25, -0.2) is 21.1 Å². The van der Waals surface area contributed by atoms with Crippen LogP contribution in [0.3, 0.4) is 0 Å². The minimum atomic E-state index is -3.65. The third kappa shape index (κ3) is 6.47. The van der Waals surface area contributed by atoms with E-state index in [1.807, 2.05) is 0 Å². The Bertz CT molecular complexity index is 1220. The van der Waals surface area contributed by atoms with Gasteiger partial charge in [0.15, 0.2) is 6.61 Å². The largest absolute Gasteiger partial charge is 0.495 e. The Balaban J connectivity index is 1.63. The first-order valence-corrected chi connectivity index (χ1v) is 13.9. The predicted octanol–water partition coefficient (Wildman–Crippen LogP) is 1.89. The first-order valence-electron chi connectivity index (χ1n) is 10.6. The number of rotatable bonds is 10. The SMILES string of the molecule is COc1ccc(S(=O)(=O)N2CCCC2)cc1NC(=O)COc1ccc(CN(C)S(C)(=O)=O)cc1. The quantitative estimate of drug-likeness (QED) is 0.517. The van der Waals surface area contributed by atoms with Crippen LogP contribution < -0.4 is 14.8 Å². The number of carbonyl (C=O) groups is 1. The second-order valence-electron chi connectivity index (χ2n) is 7.97. The molecule has 1 saturated heterocycles. The molecule has 1 aliphatic heterocycles. The first-order chi connectivity index (χ1) is 16.0. The Morgan fingerprint density at radius 1 is 1.06 bits per heavy atom. The molecule has 0 radical (unpaired) electrons. The number of hydrogen-bond acceptors (Lipinski definition) is 7. The van der Waals surface area contributed by atoms with Crippen LogP contribution in [0, 0.1) is 0 Å². The number of nitrogens with one attached hydrogen (secondary N) is 1. The van der Waals surface area contributed by atoms with Gasteiger partial charge in [-0.2, -0.15) is 4.31 Å². The van der Waals surface area contributed by atoms with E-state index in [9.17, 15) is 21.6 Å². The maximum Gasteiger partial charge on any atom is 0.262 e. The zero-order valence-corrected chi connectivity index (χ0v) is 21.0. The van der Waals surface area contributed by atoms with Crippen LogP contribution in [0.4, 0.5) is 5.69 Å². The van der Waals surface area contributed by atoms with Crippen molar-refractivity contribution in [1.82, 2.24) is 8.61 Å². The summed E-state index contributed by atoms with van der Waals surface area (Å²) in [5.74, 6) is 0.265. The maximum absolute atomic E-state index is 12.8. The number of ether oxygens (including phenoxy) is 2. The van der Waals surface area contributed by atoms with Gasteiger partial charge in [0.05, 0.1) is 23.9 Å². The fourth-order valence-electron chi connectivity index (χ4n) is 3.42. The Morgan fingerprint density at radius 3 is 2.29 bits per heavy atom. The highest BCUT2D eigenvalue weighted by molar-refractivity contribution is 7.89. The van der Waals surface area contributed by atoms with Gasteiger partial charge in [-0.05, 0) is 48.7 Å². The van der Waals surface area contributed by atoms with E-state index >= 15 is 0 Å². The van der Waals surface area contributed by atoms with Crippen molar-refractivity contribution in [3.8, 4) is 11.5 Å². The normalized spacial score (nSPS) is 14.8. The molecule has 1 aliphatic rings. The highest BCUT2D eigenvalue weighted by Gasteiger charge is 2.28. The summed E-state index contributed by atoms with van der Waals surface area (Å²) in [7, 11) is -4.01. The summed E-state index contributed by atoms with van der Waals surface area (Å²) in [5.41, 5.74) is 1.00. The van der Waals surface area contributed by atoms with Crippen molar-refractivity contribution >= 4 is 31.6 Å². The average Bonchev–Trinajstić information content (AvgIpc) is 3.34. The third-order valence-electron chi connectivity index (χ3n) is 5.41. The molecule has 3 rings (SSSR count). The number of hydrogen-bond donors (Lipinski definition) is 1. The highest BCUT2D eigenvalue weighted by Crippen LogP contribution is 2.30. The van der Waals surface area contributed by atoms with Gasteiger partial charge in [0.2, 0.25) is 20.0 Å². The number of amides is 1. The smallest absolute Gasteiger partial charge is 0.262 e. The second kappa shape index (κ2) is 10.7. The number of nitrogens with zero attached hydrogens (tertiary/aromatic N) is 2. The highest BCUT2D eigenvalue weighted by atomic mass is 32.2. The molecule has 10 nitrogen and oxygen atoms in total. The van der Waals surface area contributed by atoms with Gasteiger partial charge in [0.1, 0.15) is 11.5 Å². The molecule has 1 amide bonds. The minimum Gasteiger partial charge on any atom is -0.495 e. The fraction of sp³-hybridized carbons (Fsp3) is 0.409. The second-order valence-corrected chi connectivity index (χ2v) is 12.0. The topological polar surface area (TPSA) is 122 Å². The van der Waals surface area contributed by atoms with E-state index < -0.39 is 26.0 Å². The molecule has 0 atom stereocenters. The summed E-state index contributed by atoms with van der Waals surface area (Å²) in [5, 5.41) is 2.64. The molecule has 1 fully saturated rings. The van der Waals surface area contributed by atoms with Gasteiger partial charge in [-0.1, -0.05) is 12.1 Å². The van der Waals surface area contributed by atoms with Crippen LogP contribution >= 0.6 is 0 Å². The number of methoxy groups -OCH3 is 1. The van der Waals surface area contributed by atoms with Crippen LogP contribution in [0.25, 0.3) is 0 Å². The standard InChI is InChI=1S/C22H29N3O7S2/c1-24(33(3,27)28)15-17-6-8-18(9-7-17)32-16-22(26)23-20-14-19(10-11-21(20)31-2)34(29,30)25-12-4-5-13-25/h6-11,14H,4-5,12-13,15-16H2,1-3H3,(H,23,26). The minimum absolute atomic E-state index is 0.0843. The summed E-state index contributed by atoms with van der Waals surface area (Å²) in [6, 6.07) is 11.1. The van der Waals surface area contributed by atoms with Crippen molar-refractivity contribution in [2.75, 3.05) is 45.4 Å². The monoisotopic (exact) mass is 511 g/mol. The van der Waals surface area contributed by atoms with Gasteiger partial charge in [0, 0.05) is 26.7 Å². The van der Waals surface area contributed by atoms with E-state index in [0.717, 1.165) is 24.7 Å². The molecule has 2 aromatic rings. The Labute approximate surface area is 200 Å².